The Bertz CT molecular complexity index is 916. The second kappa shape index (κ2) is 6.94. The van der Waals surface area contributed by atoms with Gasteiger partial charge in [0.2, 0.25) is 5.89 Å². The predicted octanol–water partition coefficient (Wildman–Crippen LogP) is 4.51. The molecule has 0 saturated carbocycles. The summed E-state index contributed by atoms with van der Waals surface area (Å²) in [5.74, 6) is 0.235. The van der Waals surface area contributed by atoms with Crippen LogP contribution in [0.3, 0.4) is 0 Å². The Hall–Kier alpha value is -2.51. The van der Waals surface area contributed by atoms with Gasteiger partial charge in [-0.1, -0.05) is 23.7 Å². The number of carboxylic acid groups (broad SMARTS) is 1. The minimum Gasteiger partial charge on any atom is -0.477 e. The first-order valence-electron chi connectivity index (χ1n) is 6.80. The van der Waals surface area contributed by atoms with Crippen LogP contribution in [0.2, 0.25) is 5.02 Å². The van der Waals surface area contributed by atoms with Gasteiger partial charge in [-0.2, -0.15) is 0 Å². The highest BCUT2D eigenvalue weighted by Crippen LogP contribution is 2.30. The first kappa shape index (κ1) is 16.4. The van der Waals surface area contributed by atoms with E-state index in [2.05, 4.69) is 10.2 Å². The Balaban J connectivity index is 1.86. The van der Waals surface area contributed by atoms with E-state index in [-0.39, 0.29) is 10.1 Å². The highest BCUT2D eigenvalue weighted by atomic mass is 35.5. The zero-order valence-electron chi connectivity index (χ0n) is 12.4. The van der Waals surface area contributed by atoms with E-state index in [1.165, 1.54) is 6.08 Å². The Morgan fingerprint density at radius 3 is 2.75 bits per heavy atom. The number of nitrogens with zero attached hydrogens (tertiary/aromatic N) is 2. The Morgan fingerprint density at radius 2 is 2.08 bits per heavy atom. The van der Waals surface area contributed by atoms with Crippen molar-refractivity contribution in [2.45, 2.75) is 12.1 Å². The molecule has 0 saturated heterocycles. The summed E-state index contributed by atoms with van der Waals surface area (Å²) in [6, 6.07) is 10.6. The van der Waals surface area contributed by atoms with Crippen LogP contribution in [0.4, 0.5) is 0 Å². The van der Waals surface area contributed by atoms with Crippen LogP contribution in [0.15, 0.2) is 55.4 Å². The van der Waals surface area contributed by atoms with E-state index in [0.717, 1.165) is 17.3 Å². The van der Waals surface area contributed by atoms with E-state index in [1.807, 2.05) is 12.1 Å². The van der Waals surface area contributed by atoms with E-state index >= 15 is 0 Å². The molecule has 0 aliphatic carbocycles. The summed E-state index contributed by atoms with van der Waals surface area (Å²) in [6.45, 7) is 1.63. The van der Waals surface area contributed by atoms with Crippen molar-refractivity contribution in [2.24, 2.45) is 0 Å². The van der Waals surface area contributed by atoms with E-state index in [1.54, 1.807) is 31.2 Å². The number of aromatic nitrogens is 2. The summed E-state index contributed by atoms with van der Waals surface area (Å²) in [4.78, 5) is 11.4. The van der Waals surface area contributed by atoms with Crippen LogP contribution in [0.25, 0.3) is 17.4 Å². The van der Waals surface area contributed by atoms with Gasteiger partial charge in [0, 0.05) is 23.6 Å². The maximum atomic E-state index is 11.4. The predicted molar refractivity (Wildman–Crippen MR) is 89.7 cm³/mol. The number of hydrogen-bond acceptors (Lipinski definition) is 6. The second-order valence-electron chi connectivity index (χ2n) is 4.72. The fourth-order valence-electron chi connectivity index (χ4n) is 1.91. The van der Waals surface area contributed by atoms with E-state index in [9.17, 15) is 9.90 Å². The monoisotopic (exact) mass is 362 g/mol. The van der Waals surface area contributed by atoms with Gasteiger partial charge in [0.1, 0.15) is 16.4 Å². The molecule has 0 unspecified atom stereocenters. The molecule has 6 nitrogen and oxygen atoms in total. The summed E-state index contributed by atoms with van der Waals surface area (Å²) in [5.41, 5.74) is 0.805. The Labute approximate surface area is 146 Å². The van der Waals surface area contributed by atoms with Crippen molar-refractivity contribution in [3.05, 3.63) is 58.0 Å². The van der Waals surface area contributed by atoms with Crippen LogP contribution in [-0.2, 0) is 4.79 Å². The van der Waals surface area contributed by atoms with Crippen LogP contribution in [0, 0.1) is 6.92 Å². The van der Waals surface area contributed by atoms with Gasteiger partial charge in [-0.15, -0.1) is 10.2 Å². The van der Waals surface area contributed by atoms with Gasteiger partial charge in [0.25, 0.3) is 5.22 Å². The standard InChI is InChI=1S/C16H11ClN2O4S/c1-9-18-19-16(22-9)24-14(15(20)21)8-12-5-6-13(23-12)10-3-2-4-11(17)7-10/h2-8H,1H3,(H,20,21)/b14-8+. The number of aryl methyl sites for hydroxylation is 1. The first-order valence-corrected chi connectivity index (χ1v) is 7.99. The van der Waals surface area contributed by atoms with Crippen molar-refractivity contribution >= 4 is 35.4 Å². The number of furan rings is 1. The van der Waals surface area contributed by atoms with Crippen molar-refractivity contribution in [3.8, 4) is 11.3 Å². The number of hydrogen-bond donors (Lipinski definition) is 1. The zero-order valence-corrected chi connectivity index (χ0v) is 14.0. The summed E-state index contributed by atoms with van der Waals surface area (Å²) in [5, 5.41) is 17.5. The van der Waals surface area contributed by atoms with Crippen molar-refractivity contribution in [2.75, 3.05) is 0 Å². The molecule has 2 aromatic heterocycles. The largest absolute Gasteiger partial charge is 0.477 e. The molecule has 0 bridgehead atoms. The summed E-state index contributed by atoms with van der Waals surface area (Å²) in [7, 11) is 0. The summed E-state index contributed by atoms with van der Waals surface area (Å²) >= 11 is 6.82. The van der Waals surface area contributed by atoms with Crippen molar-refractivity contribution < 1.29 is 18.7 Å². The van der Waals surface area contributed by atoms with Crippen LogP contribution in [-0.4, -0.2) is 21.3 Å². The molecule has 24 heavy (non-hydrogen) atoms. The van der Waals surface area contributed by atoms with Crippen molar-refractivity contribution in [1.29, 1.82) is 0 Å². The number of thioether (sulfide) groups is 1. The fraction of sp³-hybridized carbons (Fsp3) is 0.0625. The van der Waals surface area contributed by atoms with Crippen LogP contribution >= 0.6 is 23.4 Å². The van der Waals surface area contributed by atoms with Crippen molar-refractivity contribution in [1.82, 2.24) is 10.2 Å². The third-order valence-corrected chi connectivity index (χ3v) is 4.01. The quantitative estimate of drug-likeness (QED) is 0.527. The lowest BCUT2D eigenvalue weighted by atomic mass is 10.2. The van der Waals surface area contributed by atoms with Gasteiger partial charge in [0.05, 0.1) is 0 Å². The summed E-state index contributed by atoms with van der Waals surface area (Å²) < 4.78 is 10.9. The van der Waals surface area contributed by atoms with Gasteiger partial charge >= 0.3 is 5.97 Å². The second-order valence-corrected chi connectivity index (χ2v) is 6.14. The molecule has 1 N–H and O–H groups in total. The lowest BCUT2D eigenvalue weighted by molar-refractivity contribution is -0.131. The van der Waals surface area contributed by atoms with E-state index in [4.69, 9.17) is 20.4 Å². The molecule has 0 aliphatic heterocycles. The maximum Gasteiger partial charge on any atom is 0.342 e. The fourth-order valence-corrected chi connectivity index (χ4v) is 2.79. The van der Waals surface area contributed by atoms with E-state index in [0.29, 0.717) is 22.4 Å². The Morgan fingerprint density at radius 1 is 1.25 bits per heavy atom. The molecule has 3 aromatic rings. The Kier molecular flexibility index (Phi) is 4.73. The normalized spacial score (nSPS) is 11.7. The molecule has 2 heterocycles. The zero-order chi connectivity index (χ0) is 17.1. The molecular formula is C16H11ClN2O4S. The average molecular weight is 363 g/mol. The molecule has 8 heteroatoms. The topological polar surface area (TPSA) is 89.4 Å². The van der Waals surface area contributed by atoms with Gasteiger partial charge in [-0.25, -0.2) is 4.79 Å². The lowest BCUT2D eigenvalue weighted by Gasteiger charge is -1.98. The average Bonchev–Trinajstić information content (AvgIpc) is 3.16. The molecule has 3 rings (SSSR count). The molecule has 122 valence electrons. The molecule has 0 amide bonds. The number of carbonyl (C=O) groups is 1. The molecule has 0 spiro atoms. The summed E-state index contributed by atoms with van der Waals surface area (Å²) in [6.07, 6.45) is 1.40. The lowest BCUT2D eigenvalue weighted by Crippen LogP contribution is -1.96. The van der Waals surface area contributed by atoms with Crippen LogP contribution in [0.5, 0.6) is 0 Å². The van der Waals surface area contributed by atoms with Crippen LogP contribution in [0.1, 0.15) is 11.7 Å². The number of aliphatic carboxylic acids is 1. The van der Waals surface area contributed by atoms with Crippen molar-refractivity contribution in [3.63, 3.8) is 0 Å². The van der Waals surface area contributed by atoms with Gasteiger partial charge < -0.3 is 13.9 Å². The highest BCUT2D eigenvalue weighted by molar-refractivity contribution is 8.03. The highest BCUT2D eigenvalue weighted by Gasteiger charge is 2.15. The van der Waals surface area contributed by atoms with E-state index < -0.39 is 5.97 Å². The smallest absolute Gasteiger partial charge is 0.342 e. The number of benzene rings is 1. The molecule has 1 aromatic carbocycles. The third kappa shape index (κ3) is 3.87. The molecule has 0 aliphatic rings. The van der Waals surface area contributed by atoms with Gasteiger partial charge in [-0.3, -0.25) is 0 Å². The third-order valence-electron chi connectivity index (χ3n) is 2.92. The first-order chi connectivity index (χ1) is 11.5. The number of halogens is 1. The minimum atomic E-state index is -1.11. The van der Waals surface area contributed by atoms with Crippen LogP contribution < -0.4 is 0 Å². The minimum absolute atomic E-state index is 0.00523. The molecule has 0 radical (unpaired) electrons. The number of rotatable bonds is 5. The SMILES string of the molecule is Cc1nnc(S/C(=C/c2ccc(-c3cccc(Cl)c3)o2)C(=O)O)o1. The molecular weight excluding hydrogens is 352 g/mol. The number of carboxylic acids is 1. The molecule has 0 atom stereocenters. The van der Waals surface area contributed by atoms with Gasteiger partial charge in [0.15, 0.2) is 0 Å². The molecule has 0 fully saturated rings. The maximum absolute atomic E-state index is 11.4. The van der Waals surface area contributed by atoms with Gasteiger partial charge in [-0.05, 0) is 36.0 Å².